The van der Waals surface area contributed by atoms with Crippen molar-refractivity contribution in [2.75, 3.05) is 27.9 Å². The van der Waals surface area contributed by atoms with Crippen molar-refractivity contribution in [2.45, 2.75) is 31.6 Å². The largest absolute Gasteiger partial charge is 0.493 e. The predicted molar refractivity (Wildman–Crippen MR) is 105 cm³/mol. The predicted octanol–water partition coefficient (Wildman–Crippen LogP) is 3.31. The number of hydrogen-bond donors (Lipinski definition) is 1. The van der Waals surface area contributed by atoms with Gasteiger partial charge in [0.25, 0.3) is 0 Å². The fourth-order valence-corrected chi connectivity index (χ4v) is 4.59. The Balaban J connectivity index is 2.18. The van der Waals surface area contributed by atoms with E-state index in [0.717, 1.165) is 23.7 Å². The molecule has 0 bridgehead atoms. The van der Waals surface area contributed by atoms with E-state index in [-0.39, 0.29) is 5.57 Å². The van der Waals surface area contributed by atoms with Crippen LogP contribution >= 0.6 is 11.8 Å². The van der Waals surface area contributed by atoms with E-state index in [0.29, 0.717) is 28.2 Å². The second-order valence-electron chi connectivity index (χ2n) is 6.47. The smallest absolute Gasteiger partial charge is 0.335 e. The van der Waals surface area contributed by atoms with Gasteiger partial charge < -0.3 is 24.2 Å². The first-order valence-electron chi connectivity index (χ1n) is 8.67. The summed E-state index contributed by atoms with van der Waals surface area (Å²) in [6.07, 6.45) is 0.955. The minimum Gasteiger partial charge on any atom is -0.493 e. The standard InChI is InChI=1S/C19H24N2O5S/c1-10-6-7-21-16(15(18(22)23)11(2)20-19(21)27-10)12-8-13(24-3)17(26-5)14(9-12)25-4/h8-10,16H,6-7H2,1-5H3,(H,22,23). The van der Waals surface area contributed by atoms with E-state index in [1.165, 1.54) is 0 Å². The molecule has 2 aliphatic rings. The van der Waals surface area contributed by atoms with Crippen molar-refractivity contribution in [3.63, 3.8) is 0 Å². The van der Waals surface area contributed by atoms with Crippen LogP contribution in [0.1, 0.15) is 31.9 Å². The van der Waals surface area contributed by atoms with Gasteiger partial charge in [0.05, 0.1) is 38.6 Å². The molecule has 2 atom stereocenters. The van der Waals surface area contributed by atoms with Gasteiger partial charge in [-0.05, 0) is 31.0 Å². The van der Waals surface area contributed by atoms with Gasteiger partial charge in [-0.3, -0.25) is 0 Å². The van der Waals surface area contributed by atoms with Crippen LogP contribution in [0.5, 0.6) is 17.2 Å². The summed E-state index contributed by atoms with van der Waals surface area (Å²) >= 11 is 1.68. The van der Waals surface area contributed by atoms with Crippen molar-refractivity contribution in [3.05, 3.63) is 29.0 Å². The van der Waals surface area contributed by atoms with Crippen molar-refractivity contribution in [3.8, 4) is 17.2 Å². The van der Waals surface area contributed by atoms with Crippen LogP contribution in [0.3, 0.4) is 0 Å². The molecule has 0 amide bonds. The lowest BCUT2D eigenvalue weighted by atomic mass is 9.93. The molecule has 7 nitrogen and oxygen atoms in total. The van der Waals surface area contributed by atoms with E-state index in [2.05, 4.69) is 16.8 Å². The number of fused-ring (bicyclic) bond motifs is 1. The minimum atomic E-state index is -0.974. The van der Waals surface area contributed by atoms with Gasteiger partial charge in [-0.15, -0.1) is 0 Å². The molecule has 0 saturated carbocycles. The number of carbonyl (C=O) groups is 1. The van der Waals surface area contributed by atoms with Crippen molar-refractivity contribution >= 4 is 22.9 Å². The number of thioether (sulfide) groups is 1. The Bertz CT molecular complexity index is 795. The number of carboxylic acids is 1. The molecule has 0 spiro atoms. The van der Waals surface area contributed by atoms with Crippen LogP contribution in [0.25, 0.3) is 0 Å². The molecule has 0 aromatic heterocycles. The van der Waals surface area contributed by atoms with Crippen LogP contribution in [-0.4, -0.2) is 54.3 Å². The Morgan fingerprint density at radius 1 is 1.22 bits per heavy atom. The van der Waals surface area contributed by atoms with Gasteiger partial charge in [-0.25, -0.2) is 9.79 Å². The van der Waals surface area contributed by atoms with E-state index in [1.807, 2.05) is 12.1 Å². The topological polar surface area (TPSA) is 80.6 Å². The number of allylic oxidation sites excluding steroid dienone is 1. The summed E-state index contributed by atoms with van der Waals surface area (Å²) in [6.45, 7) is 4.64. The van der Waals surface area contributed by atoms with Crippen LogP contribution in [0.2, 0.25) is 0 Å². The Morgan fingerprint density at radius 2 is 1.85 bits per heavy atom. The SMILES string of the molecule is COc1cc(C2C(C(=O)O)=C(C)N=C3SC(C)CCN32)cc(OC)c1OC. The van der Waals surface area contributed by atoms with Crippen molar-refractivity contribution in [1.29, 1.82) is 0 Å². The quantitative estimate of drug-likeness (QED) is 0.823. The molecule has 1 aromatic carbocycles. The summed E-state index contributed by atoms with van der Waals surface area (Å²) < 4.78 is 16.3. The van der Waals surface area contributed by atoms with Gasteiger partial charge in [0.15, 0.2) is 16.7 Å². The van der Waals surface area contributed by atoms with E-state index in [4.69, 9.17) is 14.2 Å². The molecule has 8 heteroatoms. The Morgan fingerprint density at radius 3 is 2.37 bits per heavy atom. The van der Waals surface area contributed by atoms with Crippen LogP contribution in [0.15, 0.2) is 28.4 Å². The van der Waals surface area contributed by atoms with Crippen molar-refractivity contribution in [1.82, 2.24) is 4.90 Å². The molecule has 2 aliphatic heterocycles. The fourth-order valence-electron chi connectivity index (χ4n) is 3.49. The summed E-state index contributed by atoms with van der Waals surface area (Å²) in [4.78, 5) is 18.7. The molecule has 0 radical (unpaired) electrons. The fraction of sp³-hybridized carbons (Fsp3) is 0.474. The van der Waals surface area contributed by atoms with E-state index < -0.39 is 12.0 Å². The number of carboxylic acid groups (broad SMARTS) is 1. The number of hydrogen-bond acceptors (Lipinski definition) is 7. The van der Waals surface area contributed by atoms with Crippen LogP contribution in [0.4, 0.5) is 0 Å². The maximum atomic E-state index is 12.1. The zero-order valence-corrected chi connectivity index (χ0v) is 16.9. The lowest BCUT2D eigenvalue weighted by molar-refractivity contribution is -0.133. The lowest BCUT2D eigenvalue weighted by Gasteiger charge is -2.42. The van der Waals surface area contributed by atoms with Crippen LogP contribution in [0, 0.1) is 0 Å². The average Bonchev–Trinajstić information content (AvgIpc) is 2.65. The second kappa shape index (κ2) is 7.72. The number of methoxy groups -OCH3 is 3. The lowest BCUT2D eigenvalue weighted by Crippen LogP contribution is -2.43. The third-order valence-electron chi connectivity index (χ3n) is 4.80. The molecule has 2 unspecified atom stereocenters. The molecule has 3 rings (SSSR count). The first-order valence-corrected chi connectivity index (χ1v) is 9.55. The molecule has 1 saturated heterocycles. The summed E-state index contributed by atoms with van der Waals surface area (Å²) in [5.41, 5.74) is 1.56. The Kier molecular flexibility index (Phi) is 5.55. The van der Waals surface area contributed by atoms with Gasteiger partial charge in [-0.1, -0.05) is 18.7 Å². The molecule has 146 valence electrons. The number of nitrogens with zero attached hydrogens (tertiary/aromatic N) is 2. The molecule has 1 N–H and O–H groups in total. The number of amidine groups is 1. The van der Waals surface area contributed by atoms with Crippen molar-refractivity contribution < 1.29 is 24.1 Å². The van der Waals surface area contributed by atoms with E-state index >= 15 is 0 Å². The summed E-state index contributed by atoms with van der Waals surface area (Å²) in [6, 6.07) is 3.16. The number of rotatable bonds is 5. The average molecular weight is 392 g/mol. The highest BCUT2D eigenvalue weighted by Crippen LogP contribution is 2.46. The molecule has 0 aliphatic carbocycles. The minimum absolute atomic E-state index is 0.267. The Hall–Kier alpha value is -2.35. The Labute approximate surface area is 163 Å². The van der Waals surface area contributed by atoms with Gasteiger partial charge in [0.1, 0.15) is 0 Å². The third-order valence-corrected chi connectivity index (χ3v) is 5.97. The molecule has 1 aromatic rings. The van der Waals surface area contributed by atoms with Gasteiger partial charge in [0.2, 0.25) is 5.75 Å². The number of ether oxygens (including phenoxy) is 3. The van der Waals surface area contributed by atoms with Crippen LogP contribution in [-0.2, 0) is 4.79 Å². The second-order valence-corrected chi connectivity index (χ2v) is 7.88. The molecule has 1 fully saturated rings. The third kappa shape index (κ3) is 3.45. The van der Waals surface area contributed by atoms with Gasteiger partial charge >= 0.3 is 5.97 Å². The first kappa shape index (κ1) is 19.4. The maximum Gasteiger partial charge on any atom is 0.335 e. The number of benzene rings is 1. The van der Waals surface area contributed by atoms with Gasteiger partial charge in [0, 0.05) is 11.8 Å². The zero-order valence-electron chi connectivity index (χ0n) is 16.1. The van der Waals surface area contributed by atoms with E-state index in [9.17, 15) is 9.90 Å². The number of aliphatic imine (C=N–C) groups is 1. The van der Waals surface area contributed by atoms with Gasteiger partial charge in [-0.2, -0.15) is 0 Å². The molecule has 2 heterocycles. The monoisotopic (exact) mass is 392 g/mol. The normalized spacial score (nSPS) is 22.1. The molecule has 27 heavy (non-hydrogen) atoms. The summed E-state index contributed by atoms with van der Waals surface area (Å²) in [7, 11) is 4.64. The molecular formula is C19H24N2O5S. The maximum absolute atomic E-state index is 12.1. The molecular weight excluding hydrogens is 368 g/mol. The van der Waals surface area contributed by atoms with E-state index in [1.54, 1.807) is 40.0 Å². The summed E-state index contributed by atoms with van der Waals surface area (Å²) in [5, 5.41) is 11.2. The highest BCUT2D eigenvalue weighted by molar-refractivity contribution is 8.14. The zero-order chi connectivity index (χ0) is 19.7. The first-order chi connectivity index (χ1) is 12.9. The van der Waals surface area contributed by atoms with Crippen molar-refractivity contribution in [2.24, 2.45) is 4.99 Å². The number of aliphatic carboxylic acids is 1. The van der Waals surface area contributed by atoms with Crippen LogP contribution < -0.4 is 14.2 Å². The summed E-state index contributed by atoms with van der Waals surface area (Å²) in [5.74, 6) is 0.498. The highest BCUT2D eigenvalue weighted by Gasteiger charge is 2.39. The highest BCUT2D eigenvalue weighted by atomic mass is 32.2.